The second-order valence-corrected chi connectivity index (χ2v) is 5.49. The topological polar surface area (TPSA) is 84.0 Å². The number of carbonyl (C=O) groups is 2. The van der Waals surface area contributed by atoms with E-state index in [2.05, 4.69) is 20.6 Å². The molecular formula is C19H14F2N4O2. The van der Waals surface area contributed by atoms with Gasteiger partial charge in [-0.05, 0) is 36.4 Å². The normalized spacial score (nSPS) is 10.3. The molecule has 0 fully saturated rings. The summed E-state index contributed by atoms with van der Waals surface area (Å²) in [6, 6.07) is 12.4. The SMILES string of the molecule is O=C(NCc1ccccn1)c1cccc(C(=O)Nc2ccc(F)cc2F)n1. The number of benzene rings is 1. The Bertz CT molecular complexity index is 980. The molecule has 3 aromatic rings. The van der Waals surface area contributed by atoms with Gasteiger partial charge in [0.05, 0.1) is 17.9 Å². The zero-order valence-electron chi connectivity index (χ0n) is 13.9. The summed E-state index contributed by atoms with van der Waals surface area (Å²) in [6.07, 6.45) is 1.61. The van der Waals surface area contributed by atoms with Gasteiger partial charge in [-0.3, -0.25) is 14.6 Å². The van der Waals surface area contributed by atoms with Gasteiger partial charge in [-0.1, -0.05) is 12.1 Å². The van der Waals surface area contributed by atoms with Crippen molar-refractivity contribution < 1.29 is 18.4 Å². The Hall–Kier alpha value is -3.68. The third-order valence-electron chi connectivity index (χ3n) is 3.55. The van der Waals surface area contributed by atoms with Crippen LogP contribution in [0.2, 0.25) is 0 Å². The molecule has 0 atom stereocenters. The number of rotatable bonds is 5. The van der Waals surface area contributed by atoms with E-state index in [-0.39, 0.29) is 23.6 Å². The van der Waals surface area contributed by atoms with Crippen molar-refractivity contribution in [3.63, 3.8) is 0 Å². The first-order valence-corrected chi connectivity index (χ1v) is 7.94. The summed E-state index contributed by atoms with van der Waals surface area (Å²) in [5, 5.41) is 4.94. The van der Waals surface area contributed by atoms with E-state index in [9.17, 15) is 18.4 Å². The van der Waals surface area contributed by atoms with Crippen LogP contribution < -0.4 is 10.6 Å². The molecule has 0 aliphatic carbocycles. The first-order valence-electron chi connectivity index (χ1n) is 7.94. The van der Waals surface area contributed by atoms with Gasteiger partial charge in [-0.2, -0.15) is 0 Å². The van der Waals surface area contributed by atoms with Crippen LogP contribution in [0.1, 0.15) is 26.7 Å². The smallest absolute Gasteiger partial charge is 0.274 e. The summed E-state index contributed by atoms with van der Waals surface area (Å²) >= 11 is 0. The minimum atomic E-state index is -0.910. The molecule has 0 spiro atoms. The van der Waals surface area contributed by atoms with Gasteiger partial charge in [-0.15, -0.1) is 0 Å². The highest BCUT2D eigenvalue weighted by molar-refractivity contribution is 6.03. The Morgan fingerprint density at radius 3 is 2.41 bits per heavy atom. The molecule has 8 heteroatoms. The van der Waals surface area contributed by atoms with Gasteiger partial charge in [0.15, 0.2) is 0 Å². The highest BCUT2D eigenvalue weighted by Crippen LogP contribution is 2.16. The van der Waals surface area contributed by atoms with Crippen molar-refractivity contribution in [1.29, 1.82) is 0 Å². The van der Waals surface area contributed by atoms with Crippen molar-refractivity contribution in [2.45, 2.75) is 6.54 Å². The molecule has 0 saturated heterocycles. The first kappa shape index (κ1) is 18.1. The van der Waals surface area contributed by atoms with E-state index >= 15 is 0 Å². The number of amides is 2. The number of hydrogen-bond acceptors (Lipinski definition) is 4. The summed E-state index contributed by atoms with van der Waals surface area (Å²) in [6.45, 7) is 0.207. The van der Waals surface area contributed by atoms with Crippen LogP contribution in [0.15, 0.2) is 60.8 Å². The third kappa shape index (κ3) is 4.69. The van der Waals surface area contributed by atoms with Crippen molar-refractivity contribution in [2.75, 3.05) is 5.32 Å². The van der Waals surface area contributed by atoms with E-state index in [0.29, 0.717) is 11.8 Å². The number of pyridine rings is 2. The number of aromatic nitrogens is 2. The van der Waals surface area contributed by atoms with Gasteiger partial charge >= 0.3 is 0 Å². The molecule has 27 heavy (non-hydrogen) atoms. The monoisotopic (exact) mass is 368 g/mol. The van der Waals surface area contributed by atoms with Crippen LogP contribution in [-0.4, -0.2) is 21.8 Å². The van der Waals surface area contributed by atoms with Crippen molar-refractivity contribution in [2.24, 2.45) is 0 Å². The molecule has 0 aliphatic heterocycles. The van der Waals surface area contributed by atoms with Crippen molar-refractivity contribution in [1.82, 2.24) is 15.3 Å². The molecule has 2 N–H and O–H groups in total. The van der Waals surface area contributed by atoms with Crippen molar-refractivity contribution in [3.8, 4) is 0 Å². The van der Waals surface area contributed by atoms with Crippen LogP contribution in [-0.2, 0) is 6.54 Å². The third-order valence-corrected chi connectivity index (χ3v) is 3.55. The molecule has 1 aromatic carbocycles. The maximum absolute atomic E-state index is 13.7. The van der Waals surface area contributed by atoms with Crippen LogP contribution in [0.4, 0.5) is 14.5 Å². The lowest BCUT2D eigenvalue weighted by Gasteiger charge is -2.08. The standard InChI is InChI=1S/C19H14F2N4O2/c20-12-7-8-15(14(21)10-12)25-19(27)17-6-3-5-16(24-17)18(26)23-11-13-4-1-2-9-22-13/h1-10H,11H2,(H,23,26)(H,25,27). The van der Waals surface area contributed by atoms with Gasteiger partial charge in [0, 0.05) is 12.3 Å². The Labute approximate surface area is 153 Å². The lowest BCUT2D eigenvalue weighted by molar-refractivity contribution is 0.0945. The maximum Gasteiger partial charge on any atom is 0.274 e. The van der Waals surface area contributed by atoms with Crippen LogP contribution in [0, 0.1) is 11.6 Å². The Kier molecular flexibility index (Phi) is 5.46. The molecule has 0 bridgehead atoms. The van der Waals surface area contributed by atoms with E-state index in [0.717, 1.165) is 12.1 Å². The summed E-state index contributed by atoms with van der Waals surface area (Å²) in [7, 11) is 0. The van der Waals surface area contributed by atoms with E-state index in [1.165, 1.54) is 18.2 Å². The minimum absolute atomic E-state index is 0.0261. The lowest BCUT2D eigenvalue weighted by Crippen LogP contribution is -2.25. The zero-order chi connectivity index (χ0) is 19.2. The molecule has 6 nitrogen and oxygen atoms in total. The van der Waals surface area contributed by atoms with E-state index in [1.807, 2.05) is 0 Å². The fourth-order valence-electron chi connectivity index (χ4n) is 2.23. The van der Waals surface area contributed by atoms with E-state index in [1.54, 1.807) is 24.4 Å². The highest BCUT2D eigenvalue weighted by Gasteiger charge is 2.14. The highest BCUT2D eigenvalue weighted by atomic mass is 19.1. The molecule has 0 saturated carbocycles. The van der Waals surface area contributed by atoms with Gasteiger partial charge in [-0.25, -0.2) is 13.8 Å². The maximum atomic E-state index is 13.7. The largest absolute Gasteiger partial charge is 0.345 e. The molecule has 0 unspecified atom stereocenters. The van der Waals surface area contributed by atoms with Crippen LogP contribution in [0.3, 0.4) is 0 Å². The average molecular weight is 368 g/mol. The molecule has 2 amide bonds. The fraction of sp³-hybridized carbons (Fsp3) is 0.0526. The van der Waals surface area contributed by atoms with Gasteiger partial charge < -0.3 is 10.6 Å². The number of carbonyl (C=O) groups excluding carboxylic acids is 2. The predicted molar refractivity (Wildman–Crippen MR) is 94.0 cm³/mol. The molecular weight excluding hydrogens is 354 g/mol. The number of nitrogens with zero attached hydrogens (tertiary/aromatic N) is 2. The molecule has 0 aliphatic rings. The second kappa shape index (κ2) is 8.13. The molecule has 2 heterocycles. The van der Waals surface area contributed by atoms with Crippen LogP contribution in [0.5, 0.6) is 0 Å². The molecule has 2 aromatic heterocycles. The van der Waals surface area contributed by atoms with Gasteiger partial charge in [0.25, 0.3) is 11.8 Å². The zero-order valence-corrected chi connectivity index (χ0v) is 13.9. The number of halogens is 2. The molecule has 0 radical (unpaired) electrons. The average Bonchev–Trinajstić information content (AvgIpc) is 2.69. The first-order chi connectivity index (χ1) is 13.0. The Balaban J connectivity index is 1.68. The summed E-state index contributed by atoms with van der Waals surface area (Å²) < 4.78 is 26.6. The quantitative estimate of drug-likeness (QED) is 0.725. The number of anilines is 1. The lowest BCUT2D eigenvalue weighted by atomic mass is 10.2. The van der Waals surface area contributed by atoms with E-state index < -0.39 is 23.4 Å². The molecule has 136 valence electrons. The minimum Gasteiger partial charge on any atom is -0.345 e. The van der Waals surface area contributed by atoms with Crippen molar-refractivity contribution >= 4 is 17.5 Å². The number of nitrogens with one attached hydrogen (secondary N) is 2. The van der Waals surface area contributed by atoms with Crippen LogP contribution >= 0.6 is 0 Å². The fourth-order valence-corrected chi connectivity index (χ4v) is 2.23. The number of hydrogen-bond donors (Lipinski definition) is 2. The second-order valence-electron chi connectivity index (χ2n) is 5.49. The predicted octanol–water partition coefficient (Wildman–Crippen LogP) is 2.94. The summed E-state index contributed by atoms with van der Waals surface area (Å²) in [5.41, 5.74) is 0.433. The van der Waals surface area contributed by atoms with E-state index in [4.69, 9.17) is 0 Å². The summed E-state index contributed by atoms with van der Waals surface area (Å²) in [5.74, 6) is -2.87. The Morgan fingerprint density at radius 1 is 0.926 bits per heavy atom. The molecule has 3 rings (SSSR count). The Morgan fingerprint density at radius 2 is 1.70 bits per heavy atom. The van der Waals surface area contributed by atoms with Crippen LogP contribution in [0.25, 0.3) is 0 Å². The van der Waals surface area contributed by atoms with Gasteiger partial charge in [0.2, 0.25) is 0 Å². The summed E-state index contributed by atoms with van der Waals surface area (Å²) in [4.78, 5) is 32.5. The van der Waals surface area contributed by atoms with Gasteiger partial charge in [0.1, 0.15) is 23.0 Å². The van der Waals surface area contributed by atoms with Crippen molar-refractivity contribution in [3.05, 3.63) is 89.5 Å².